The smallest absolute Gasteiger partial charge is 0.189 e. The number of hydrogen-bond donors (Lipinski definition) is 2. The highest BCUT2D eigenvalue weighted by molar-refractivity contribution is 14.0. The van der Waals surface area contributed by atoms with Gasteiger partial charge in [-0.25, -0.2) is 14.7 Å². The van der Waals surface area contributed by atoms with Crippen molar-refractivity contribution in [2.24, 2.45) is 10.7 Å². The molecule has 1 heterocycles. The van der Waals surface area contributed by atoms with Gasteiger partial charge < -0.3 is 11.1 Å². The Balaban J connectivity index is 0.00000162. The van der Waals surface area contributed by atoms with Crippen LogP contribution in [-0.4, -0.2) is 26.8 Å². The zero-order chi connectivity index (χ0) is 12.5. The molecule has 0 saturated heterocycles. The molecule has 1 aromatic heterocycles. The van der Waals surface area contributed by atoms with Crippen LogP contribution >= 0.6 is 24.0 Å². The molecular weight excluding hydrogens is 343 g/mol. The summed E-state index contributed by atoms with van der Waals surface area (Å²) in [6, 6.07) is 0.527. The van der Waals surface area contributed by atoms with Gasteiger partial charge >= 0.3 is 0 Å². The highest BCUT2D eigenvalue weighted by Crippen LogP contribution is 2.18. The zero-order valence-corrected chi connectivity index (χ0v) is 13.4. The van der Waals surface area contributed by atoms with Gasteiger partial charge in [-0.3, -0.25) is 0 Å². The molecule has 0 amide bonds. The molecular formula is C11H21IN6. The number of nitrogens with one attached hydrogen (secondary N) is 1. The average Bonchev–Trinajstić information content (AvgIpc) is 2.89. The van der Waals surface area contributed by atoms with Crippen LogP contribution in [0.1, 0.15) is 39.4 Å². The SMILES string of the molecule is CC(C)(C)n1ncnc1CN=C(N)NC1CC1.I. The molecule has 7 heteroatoms. The number of nitrogens with zero attached hydrogens (tertiary/aromatic N) is 4. The Kier molecular flexibility index (Phi) is 4.94. The van der Waals surface area contributed by atoms with Crippen LogP contribution in [0.15, 0.2) is 11.3 Å². The fourth-order valence-electron chi connectivity index (χ4n) is 1.57. The molecule has 0 atom stereocenters. The van der Waals surface area contributed by atoms with Gasteiger partial charge in [-0.05, 0) is 33.6 Å². The predicted molar refractivity (Wildman–Crippen MR) is 81.9 cm³/mol. The number of aliphatic imine (C=N–C) groups is 1. The van der Waals surface area contributed by atoms with Crippen LogP contribution in [0.5, 0.6) is 0 Å². The van der Waals surface area contributed by atoms with Crippen molar-refractivity contribution >= 4 is 29.9 Å². The van der Waals surface area contributed by atoms with E-state index < -0.39 is 0 Å². The summed E-state index contributed by atoms with van der Waals surface area (Å²) in [5.41, 5.74) is 5.69. The van der Waals surface area contributed by atoms with Crippen LogP contribution in [-0.2, 0) is 12.1 Å². The van der Waals surface area contributed by atoms with E-state index in [0.29, 0.717) is 18.5 Å². The summed E-state index contributed by atoms with van der Waals surface area (Å²) in [6.45, 7) is 6.71. The Labute approximate surface area is 124 Å². The molecule has 3 N–H and O–H groups in total. The van der Waals surface area contributed by atoms with Crippen molar-refractivity contribution in [1.82, 2.24) is 20.1 Å². The minimum Gasteiger partial charge on any atom is -0.370 e. The van der Waals surface area contributed by atoms with E-state index in [4.69, 9.17) is 5.73 Å². The van der Waals surface area contributed by atoms with Gasteiger partial charge in [-0.15, -0.1) is 24.0 Å². The van der Waals surface area contributed by atoms with Gasteiger partial charge in [0.15, 0.2) is 5.96 Å². The third-order valence-electron chi connectivity index (χ3n) is 2.57. The second-order valence-electron chi connectivity index (χ2n) is 5.38. The van der Waals surface area contributed by atoms with Crippen molar-refractivity contribution in [2.45, 2.75) is 51.7 Å². The lowest BCUT2D eigenvalue weighted by Gasteiger charge is -2.20. The quantitative estimate of drug-likeness (QED) is 0.480. The molecule has 0 radical (unpaired) electrons. The summed E-state index contributed by atoms with van der Waals surface area (Å²) >= 11 is 0. The molecule has 1 fully saturated rings. The van der Waals surface area contributed by atoms with E-state index in [1.165, 1.54) is 12.8 Å². The Morgan fingerprint density at radius 3 is 2.78 bits per heavy atom. The van der Waals surface area contributed by atoms with Gasteiger partial charge in [0.2, 0.25) is 0 Å². The molecule has 2 rings (SSSR count). The standard InChI is InChI=1S/C11H20N6.HI/c1-11(2,3)17-9(14-7-15-17)6-13-10(12)16-8-4-5-8;/h7-8H,4-6H2,1-3H3,(H3,12,13,16);1H. The summed E-state index contributed by atoms with van der Waals surface area (Å²) in [5, 5.41) is 7.36. The minimum atomic E-state index is -0.0833. The molecule has 1 aliphatic carbocycles. The lowest BCUT2D eigenvalue weighted by Crippen LogP contribution is -2.33. The van der Waals surface area contributed by atoms with Crippen molar-refractivity contribution in [1.29, 1.82) is 0 Å². The molecule has 0 aromatic carbocycles. The second-order valence-corrected chi connectivity index (χ2v) is 5.38. The lowest BCUT2D eigenvalue weighted by molar-refractivity contribution is 0.342. The highest BCUT2D eigenvalue weighted by atomic mass is 127. The van der Waals surface area contributed by atoms with Crippen LogP contribution < -0.4 is 11.1 Å². The molecule has 1 saturated carbocycles. The monoisotopic (exact) mass is 364 g/mol. The first-order valence-electron chi connectivity index (χ1n) is 5.92. The first-order valence-corrected chi connectivity index (χ1v) is 5.92. The Morgan fingerprint density at radius 2 is 2.22 bits per heavy atom. The Morgan fingerprint density at radius 1 is 1.56 bits per heavy atom. The van der Waals surface area contributed by atoms with E-state index in [9.17, 15) is 0 Å². The molecule has 102 valence electrons. The number of halogens is 1. The van der Waals surface area contributed by atoms with Crippen molar-refractivity contribution < 1.29 is 0 Å². The van der Waals surface area contributed by atoms with Crippen LogP contribution in [0.25, 0.3) is 0 Å². The van der Waals surface area contributed by atoms with Crippen molar-refractivity contribution in [3.8, 4) is 0 Å². The van der Waals surface area contributed by atoms with E-state index in [-0.39, 0.29) is 29.5 Å². The maximum Gasteiger partial charge on any atom is 0.189 e. The Hall–Kier alpha value is -0.860. The normalized spacial score (nSPS) is 16.3. The highest BCUT2D eigenvalue weighted by Gasteiger charge is 2.21. The predicted octanol–water partition coefficient (Wildman–Crippen LogP) is 1.22. The Bertz CT molecular complexity index is 415. The third kappa shape index (κ3) is 4.11. The lowest BCUT2D eigenvalue weighted by atomic mass is 10.1. The summed E-state index contributed by atoms with van der Waals surface area (Å²) in [5.74, 6) is 1.33. The summed E-state index contributed by atoms with van der Waals surface area (Å²) in [4.78, 5) is 8.49. The molecule has 18 heavy (non-hydrogen) atoms. The van der Waals surface area contributed by atoms with Gasteiger partial charge in [0.1, 0.15) is 18.7 Å². The summed E-state index contributed by atoms with van der Waals surface area (Å²) < 4.78 is 1.88. The van der Waals surface area contributed by atoms with E-state index in [2.05, 4.69) is 41.2 Å². The van der Waals surface area contributed by atoms with E-state index in [1.807, 2.05) is 4.68 Å². The topological polar surface area (TPSA) is 81.1 Å². The van der Waals surface area contributed by atoms with E-state index in [0.717, 1.165) is 5.82 Å². The van der Waals surface area contributed by atoms with Crippen LogP contribution in [0.3, 0.4) is 0 Å². The summed E-state index contributed by atoms with van der Waals surface area (Å²) in [7, 11) is 0. The van der Waals surface area contributed by atoms with Gasteiger partial charge in [-0.1, -0.05) is 0 Å². The third-order valence-corrected chi connectivity index (χ3v) is 2.57. The van der Waals surface area contributed by atoms with E-state index >= 15 is 0 Å². The van der Waals surface area contributed by atoms with Crippen LogP contribution in [0, 0.1) is 0 Å². The van der Waals surface area contributed by atoms with Crippen molar-refractivity contribution in [2.75, 3.05) is 0 Å². The first kappa shape index (κ1) is 15.2. The number of guanidine groups is 1. The second kappa shape index (κ2) is 5.85. The minimum absolute atomic E-state index is 0. The molecule has 1 aliphatic rings. The van der Waals surface area contributed by atoms with E-state index in [1.54, 1.807) is 6.33 Å². The number of rotatable bonds is 3. The van der Waals surface area contributed by atoms with Crippen LogP contribution in [0.2, 0.25) is 0 Å². The molecule has 1 aromatic rings. The molecule has 0 spiro atoms. The molecule has 0 aliphatic heterocycles. The van der Waals surface area contributed by atoms with Gasteiger partial charge in [0, 0.05) is 6.04 Å². The van der Waals surface area contributed by atoms with Crippen LogP contribution in [0.4, 0.5) is 0 Å². The van der Waals surface area contributed by atoms with Gasteiger partial charge in [0.05, 0.1) is 5.54 Å². The maximum absolute atomic E-state index is 5.77. The maximum atomic E-state index is 5.77. The van der Waals surface area contributed by atoms with Crippen molar-refractivity contribution in [3.63, 3.8) is 0 Å². The number of hydrogen-bond acceptors (Lipinski definition) is 3. The first-order chi connectivity index (χ1) is 7.97. The average molecular weight is 364 g/mol. The number of nitrogens with two attached hydrogens (primary N) is 1. The largest absolute Gasteiger partial charge is 0.370 e. The number of aromatic nitrogens is 3. The summed E-state index contributed by atoms with van der Waals surface area (Å²) in [6.07, 6.45) is 3.93. The molecule has 6 nitrogen and oxygen atoms in total. The molecule has 0 unspecified atom stereocenters. The fourth-order valence-corrected chi connectivity index (χ4v) is 1.57. The van der Waals surface area contributed by atoms with Gasteiger partial charge in [0.25, 0.3) is 0 Å². The molecule has 0 bridgehead atoms. The van der Waals surface area contributed by atoms with Gasteiger partial charge in [-0.2, -0.15) is 5.10 Å². The fraction of sp³-hybridized carbons (Fsp3) is 0.727. The zero-order valence-electron chi connectivity index (χ0n) is 11.1. The van der Waals surface area contributed by atoms with Crippen molar-refractivity contribution in [3.05, 3.63) is 12.2 Å².